The molecule has 8 atom stereocenters. The van der Waals surface area contributed by atoms with Gasteiger partial charge in [-0.25, -0.2) is 0 Å². The van der Waals surface area contributed by atoms with Crippen molar-refractivity contribution in [2.75, 3.05) is 19.0 Å². The first-order chi connectivity index (χ1) is 19.6. The zero-order valence-electron chi connectivity index (χ0n) is 24.4. The summed E-state index contributed by atoms with van der Waals surface area (Å²) < 4.78 is 12.0. The molecular weight excluding hydrogens is 522 g/mol. The Morgan fingerprint density at radius 2 is 1.83 bits per heavy atom. The summed E-state index contributed by atoms with van der Waals surface area (Å²) in [5, 5.41) is 16.5. The van der Waals surface area contributed by atoms with Crippen molar-refractivity contribution in [2.45, 2.75) is 70.4 Å². The largest absolute Gasteiger partial charge is 0.497 e. The van der Waals surface area contributed by atoms with Crippen LogP contribution in [0.2, 0.25) is 0 Å². The predicted molar refractivity (Wildman–Crippen MR) is 154 cm³/mol. The van der Waals surface area contributed by atoms with E-state index >= 15 is 0 Å². The van der Waals surface area contributed by atoms with Crippen LogP contribution in [-0.2, 0) is 25.7 Å². The third-order valence-electron chi connectivity index (χ3n) is 9.80. The number of likely N-dealkylation sites (tertiary alicyclic amines) is 1. The summed E-state index contributed by atoms with van der Waals surface area (Å²) in [6.45, 7) is 7.90. The molecule has 9 heteroatoms. The number of ether oxygens (including phenoxy) is 2. The molecule has 0 radical (unpaired) electrons. The van der Waals surface area contributed by atoms with Gasteiger partial charge in [0.25, 0.3) is 0 Å². The quantitative estimate of drug-likeness (QED) is 0.408. The summed E-state index contributed by atoms with van der Waals surface area (Å²) in [6.07, 6.45) is 1.16. The molecule has 3 heterocycles. The molecular formula is C32H41N3O6. The van der Waals surface area contributed by atoms with E-state index < -0.39 is 41.0 Å². The fraction of sp³-hybridized carbons (Fsp3) is 0.531. The van der Waals surface area contributed by atoms with Crippen molar-refractivity contribution in [1.29, 1.82) is 0 Å². The topological polar surface area (TPSA) is 117 Å². The van der Waals surface area contributed by atoms with Crippen LogP contribution in [0, 0.1) is 23.7 Å². The van der Waals surface area contributed by atoms with Crippen molar-refractivity contribution in [2.24, 2.45) is 23.7 Å². The molecule has 2 bridgehead atoms. The van der Waals surface area contributed by atoms with E-state index in [2.05, 4.69) is 10.6 Å². The Labute approximate surface area is 241 Å². The summed E-state index contributed by atoms with van der Waals surface area (Å²) in [5.74, 6) is -2.09. The fourth-order valence-electron chi connectivity index (χ4n) is 7.33. The van der Waals surface area contributed by atoms with E-state index in [1.165, 1.54) is 4.90 Å². The number of methoxy groups -OCH3 is 1. The molecule has 3 amide bonds. The second-order valence-corrected chi connectivity index (χ2v) is 12.0. The number of nitrogens with zero attached hydrogens (tertiary/aromatic N) is 1. The van der Waals surface area contributed by atoms with E-state index in [9.17, 15) is 19.5 Å². The second-order valence-electron chi connectivity index (χ2n) is 12.0. The SMILES string of the molecule is CC[C@H](C)[C@H](CO)N1C(=O)[C@@H]2[C@@H](C(=O)NCc3ccccc3)[C@]3(C)OC2(CC3C)C1C(=O)Nc1ccc(OC)cc1. The zero-order chi connectivity index (χ0) is 29.5. The molecule has 2 aromatic rings. The van der Waals surface area contributed by atoms with E-state index in [1.807, 2.05) is 58.0 Å². The minimum absolute atomic E-state index is 0.0774. The number of fused-ring (bicyclic) bond motifs is 1. The standard InChI is InChI=1S/C32H41N3O6/c1-6-19(2)24(18-36)35-27(29(38)34-22-12-14-23(40-5)15-13-22)32-16-20(3)31(4,41-32)25(26(32)30(35)39)28(37)33-17-21-10-8-7-9-11-21/h7-15,19-20,24-27,36H,6,16-18H2,1-5H3,(H,33,37)(H,34,38)/t19-,20?,24-,25-,26-,27?,31+,32?/m0/s1. The Morgan fingerprint density at radius 3 is 2.44 bits per heavy atom. The van der Waals surface area contributed by atoms with Crippen LogP contribution in [0.1, 0.15) is 46.1 Å². The van der Waals surface area contributed by atoms with Gasteiger partial charge in [0, 0.05) is 12.2 Å². The maximum Gasteiger partial charge on any atom is 0.250 e. The molecule has 3 unspecified atom stereocenters. The average molecular weight is 564 g/mol. The van der Waals surface area contributed by atoms with Crippen LogP contribution >= 0.6 is 0 Å². The lowest BCUT2D eigenvalue weighted by Crippen LogP contribution is -2.57. The number of hydrogen-bond donors (Lipinski definition) is 3. The van der Waals surface area contributed by atoms with Gasteiger partial charge >= 0.3 is 0 Å². The number of aliphatic hydroxyl groups excluding tert-OH is 1. The monoisotopic (exact) mass is 563 g/mol. The highest BCUT2D eigenvalue weighted by atomic mass is 16.5. The maximum absolute atomic E-state index is 14.4. The molecule has 1 spiro atoms. The van der Waals surface area contributed by atoms with E-state index in [0.29, 0.717) is 30.8 Å². The van der Waals surface area contributed by atoms with Crippen LogP contribution in [0.4, 0.5) is 5.69 Å². The predicted octanol–water partition coefficient (Wildman–Crippen LogP) is 3.37. The molecule has 9 nitrogen and oxygen atoms in total. The van der Waals surface area contributed by atoms with E-state index in [4.69, 9.17) is 9.47 Å². The first-order valence-corrected chi connectivity index (χ1v) is 14.5. The highest BCUT2D eigenvalue weighted by molar-refractivity contribution is 6.04. The Hall–Kier alpha value is -3.43. The number of carbonyl (C=O) groups is 3. The van der Waals surface area contributed by atoms with Gasteiger partial charge < -0.3 is 30.1 Å². The summed E-state index contributed by atoms with van der Waals surface area (Å²) in [7, 11) is 1.57. The minimum atomic E-state index is -1.20. The van der Waals surface area contributed by atoms with Crippen LogP contribution in [-0.4, -0.2) is 64.7 Å². The van der Waals surface area contributed by atoms with Gasteiger partial charge in [-0.1, -0.05) is 57.5 Å². The van der Waals surface area contributed by atoms with Crippen molar-refractivity contribution in [3.05, 3.63) is 60.2 Å². The van der Waals surface area contributed by atoms with Crippen molar-refractivity contribution < 1.29 is 29.0 Å². The molecule has 0 aliphatic carbocycles. The molecule has 2 aromatic carbocycles. The van der Waals surface area contributed by atoms with Gasteiger partial charge in [-0.15, -0.1) is 0 Å². The highest BCUT2D eigenvalue weighted by Gasteiger charge is 2.80. The summed E-state index contributed by atoms with van der Waals surface area (Å²) in [4.78, 5) is 44.0. The normalized spacial score (nSPS) is 31.5. The maximum atomic E-state index is 14.4. The number of amides is 3. The van der Waals surface area contributed by atoms with Gasteiger partial charge in [-0.05, 0) is 55.0 Å². The Kier molecular flexibility index (Phi) is 7.87. The van der Waals surface area contributed by atoms with Gasteiger partial charge in [0.05, 0.1) is 37.2 Å². The number of nitrogens with one attached hydrogen (secondary N) is 2. The van der Waals surface area contributed by atoms with E-state index in [1.54, 1.807) is 31.4 Å². The molecule has 5 rings (SSSR count). The lowest BCUT2D eigenvalue weighted by molar-refractivity contribution is -0.150. The van der Waals surface area contributed by atoms with Gasteiger partial charge in [0.1, 0.15) is 17.4 Å². The Balaban J connectivity index is 1.53. The number of aliphatic hydroxyl groups is 1. The van der Waals surface area contributed by atoms with Crippen LogP contribution in [0.5, 0.6) is 5.75 Å². The Bertz CT molecular complexity index is 1290. The number of benzene rings is 2. The molecule has 3 N–H and O–H groups in total. The summed E-state index contributed by atoms with van der Waals surface area (Å²) >= 11 is 0. The second kappa shape index (κ2) is 11.1. The highest BCUT2D eigenvalue weighted by Crippen LogP contribution is 2.65. The minimum Gasteiger partial charge on any atom is -0.497 e. The van der Waals surface area contributed by atoms with Crippen molar-refractivity contribution in [1.82, 2.24) is 10.2 Å². The van der Waals surface area contributed by atoms with Crippen molar-refractivity contribution in [3.8, 4) is 5.75 Å². The smallest absolute Gasteiger partial charge is 0.250 e. The molecule has 3 aliphatic rings. The molecule has 3 aliphatic heterocycles. The lowest BCUT2D eigenvalue weighted by Gasteiger charge is -2.39. The third kappa shape index (κ3) is 4.69. The van der Waals surface area contributed by atoms with Crippen LogP contribution in [0.3, 0.4) is 0 Å². The van der Waals surface area contributed by atoms with Crippen LogP contribution in [0.25, 0.3) is 0 Å². The molecule has 3 fully saturated rings. The fourth-order valence-corrected chi connectivity index (χ4v) is 7.33. The van der Waals surface area contributed by atoms with Crippen LogP contribution < -0.4 is 15.4 Å². The number of carbonyl (C=O) groups excluding carboxylic acids is 3. The first kappa shape index (κ1) is 29.1. The average Bonchev–Trinajstić information content (AvgIpc) is 3.49. The molecule has 0 aromatic heterocycles. The van der Waals surface area contributed by atoms with Gasteiger partial charge in [-0.3, -0.25) is 14.4 Å². The van der Waals surface area contributed by atoms with E-state index in [0.717, 1.165) is 5.56 Å². The third-order valence-corrected chi connectivity index (χ3v) is 9.80. The molecule has 220 valence electrons. The van der Waals surface area contributed by atoms with Crippen molar-refractivity contribution in [3.63, 3.8) is 0 Å². The summed E-state index contributed by atoms with van der Waals surface area (Å²) in [6, 6.07) is 15.0. The number of anilines is 1. The molecule has 41 heavy (non-hydrogen) atoms. The lowest BCUT2D eigenvalue weighted by atomic mass is 9.62. The van der Waals surface area contributed by atoms with Gasteiger partial charge in [0.2, 0.25) is 17.7 Å². The van der Waals surface area contributed by atoms with Crippen LogP contribution in [0.15, 0.2) is 54.6 Å². The summed E-state index contributed by atoms with van der Waals surface area (Å²) in [5.41, 5.74) is -0.615. The zero-order valence-corrected chi connectivity index (χ0v) is 24.4. The van der Waals surface area contributed by atoms with Gasteiger partial charge in [0.15, 0.2) is 0 Å². The molecule has 0 saturated carbocycles. The number of hydrogen-bond acceptors (Lipinski definition) is 6. The van der Waals surface area contributed by atoms with Gasteiger partial charge in [-0.2, -0.15) is 0 Å². The first-order valence-electron chi connectivity index (χ1n) is 14.5. The van der Waals surface area contributed by atoms with Crippen molar-refractivity contribution >= 4 is 23.4 Å². The van der Waals surface area contributed by atoms with E-state index in [-0.39, 0.29) is 30.3 Å². The Morgan fingerprint density at radius 1 is 1.15 bits per heavy atom. The number of rotatable bonds is 10. The molecule has 3 saturated heterocycles.